The first-order valence-electron chi connectivity index (χ1n) is 12.7. The van der Waals surface area contributed by atoms with Crippen LogP contribution in [0.4, 0.5) is 0 Å². The molecule has 0 amide bonds. The Morgan fingerprint density at radius 3 is 1.11 bits per heavy atom. The first-order valence-corrected chi connectivity index (χ1v) is 12.7. The van der Waals surface area contributed by atoms with Crippen molar-refractivity contribution in [3.8, 4) is 0 Å². The second-order valence-electron chi connectivity index (χ2n) is 9.55. The molecule has 28 heavy (non-hydrogen) atoms. The minimum Gasteiger partial charge on any atom is -0.330 e. The lowest BCUT2D eigenvalue weighted by atomic mass is 10.1. The van der Waals surface area contributed by atoms with E-state index in [1.165, 1.54) is 116 Å². The van der Waals surface area contributed by atoms with E-state index in [1.807, 2.05) is 0 Å². The Balaban J connectivity index is 1.53. The smallest absolute Gasteiger partial charge is 0.000672 e. The summed E-state index contributed by atoms with van der Waals surface area (Å²) in [4.78, 5) is 5.36. The molecule has 2 aliphatic carbocycles. The van der Waals surface area contributed by atoms with Gasteiger partial charge in [0, 0.05) is 0 Å². The number of rotatable bonds is 21. The predicted octanol–water partition coefficient (Wildman–Crippen LogP) is 4.23. The molecule has 0 aromatic heterocycles. The van der Waals surface area contributed by atoms with Crippen molar-refractivity contribution in [1.82, 2.24) is 9.80 Å². The monoisotopic (exact) mass is 394 g/mol. The summed E-state index contributed by atoms with van der Waals surface area (Å²) >= 11 is 0. The minimum atomic E-state index is 0.826. The van der Waals surface area contributed by atoms with E-state index in [9.17, 15) is 0 Å². The zero-order valence-corrected chi connectivity index (χ0v) is 18.8. The number of hydrogen-bond acceptors (Lipinski definition) is 4. The quantitative estimate of drug-likeness (QED) is 0.286. The molecule has 0 bridgehead atoms. The normalized spacial score (nSPS) is 17.1. The summed E-state index contributed by atoms with van der Waals surface area (Å²) in [6, 6.07) is 0. The Labute approximate surface area is 175 Å². The van der Waals surface area contributed by atoms with Crippen molar-refractivity contribution in [2.45, 2.75) is 89.9 Å². The van der Waals surface area contributed by atoms with E-state index in [-0.39, 0.29) is 0 Å². The van der Waals surface area contributed by atoms with Gasteiger partial charge in [0.25, 0.3) is 0 Å². The summed E-state index contributed by atoms with van der Waals surface area (Å²) in [5.74, 6) is 2.17. The van der Waals surface area contributed by atoms with E-state index in [4.69, 9.17) is 11.5 Å². The Hall–Kier alpha value is -0.160. The minimum absolute atomic E-state index is 0.826. The second-order valence-corrected chi connectivity index (χ2v) is 9.55. The maximum Gasteiger partial charge on any atom is -0.000672 e. The Morgan fingerprint density at radius 1 is 0.464 bits per heavy atom. The summed E-state index contributed by atoms with van der Waals surface area (Å²) in [7, 11) is 0. The van der Waals surface area contributed by atoms with Gasteiger partial charge >= 0.3 is 0 Å². The van der Waals surface area contributed by atoms with Gasteiger partial charge in [0.15, 0.2) is 0 Å². The van der Waals surface area contributed by atoms with Crippen LogP contribution < -0.4 is 11.5 Å². The molecular weight excluding hydrogens is 344 g/mol. The van der Waals surface area contributed by atoms with Crippen LogP contribution in [0.1, 0.15) is 89.9 Å². The molecule has 4 heteroatoms. The van der Waals surface area contributed by atoms with E-state index in [1.54, 1.807) is 0 Å². The van der Waals surface area contributed by atoms with Crippen molar-refractivity contribution in [2.75, 3.05) is 52.4 Å². The van der Waals surface area contributed by atoms with Crippen LogP contribution >= 0.6 is 0 Å². The highest BCUT2D eigenvalue weighted by Crippen LogP contribution is 2.34. The molecule has 0 saturated heterocycles. The number of unbranched alkanes of at least 4 members (excludes halogenated alkanes) is 3. The zero-order valence-electron chi connectivity index (χ0n) is 18.8. The molecule has 4 N–H and O–H groups in total. The van der Waals surface area contributed by atoms with Gasteiger partial charge in [0.1, 0.15) is 0 Å². The fourth-order valence-corrected chi connectivity index (χ4v) is 4.32. The van der Waals surface area contributed by atoms with Gasteiger partial charge in [0.2, 0.25) is 0 Å². The molecule has 2 saturated carbocycles. The standard InChI is InChI=1S/C24H50N4/c25-15-7-21-27(17-3-1-9-23-11-12-23)19-5-6-20-28(22-8-16-26)18-4-2-10-24-13-14-24/h23-24H,1-22,25-26H2. The molecule has 4 nitrogen and oxygen atoms in total. The van der Waals surface area contributed by atoms with Crippen LogP contribution in [0.15, 0.2) is 0 Å². The second kappa shape index (κ2) is 15.6. The first-order chi connectivity index (χ1) is 13.8. The highest BCUT2D eigenvalue weighted by atomic mass is 15.1. The third-order valence-corrected chi connectivity index (χ3v) is 6.62. The molecule has 2 fully saturated rings. The average Bonchev–Trinajstić information content (AvgIpc) is 3.61. The topological polar surface area (TPSA) is 58.5 Å². The summed E-state index contributed by atoms with van der Waals surface area (Å²) in [6.45, 7) is 9.12. The van der Waals surface area contributed by atoms with Crippen molar-refractivity contribution in [2.24, 2.45) is 23.3 Å². The molecule has 0 atom stereocenters. The molecule has 0 heterocycles. The van der Waals surface area contributed by atoms with Crippen LogP contribution in [0.5, 0.6) is 0 Å². The molecule has 2 aliphatic rings. The maximum atomic E-state index is 5.76. The van der Waals surface area contributed by atoms with Crippen molar-refractivity contribution in [3.63, 3.8) is 0 Å². The van der Waals surface area contributed by atoms with Crippen molar-refractivity contribution in [3.05, 3.63) is 0 Å². The summed E-state index contributed by atoms with van der Waals surface area (Å²) < 4.78 is 0. The zero-order chi connectivity index (χ0) is 19.9. The van der Waals surface area contributed by atoms with Gasteiger partial charge in [-0.3, -0.25) is 0 Å². The number of hydrogen-bond donors (Lipinski definition) is 2. The lowest BCUT2D eigenvalue weighted by molar-refractivity contribution is 0.233. The molecule has 0 aromatic rings. The lowest BCUT2D eigenvalue weighted by Crippen LogP contribution is -2.31. The fraction of sp³-hybridized carbons (Fsp3) is 1.00. The van der Waals surface area contributed by atoms with Crippen molar-refractivity contribution in [1.29, 1.82) is 0 Å². The van der Waals surface area contributed by atoms with E-state index in [0.29, 0.717) is 0 Å². The summed E-state index contributed by atoms with van der Waals surface area (Å²) in [5.41, 5.74) is 11.5. The summed E-state index contributed by atoms with van der Waals surface area (Å²) in [5, 5.41) is 0. The van der Waals surface area contributed by atoms with Crippen LogP contribution in [0, 0.1) is 11.8 Å². The molecule has 0 aliphatic heterocycles. The van der Waals surface area contributed by atoms with E-state index >= 15 is 0 Å². The van der Waals surface area contributed by atoms with Crippen LogP contribution in [0.3, 0.4) is 0 Å². The molecule has 166 valence electrons. The van der Waals surface area contributed by atoms with E-state index < -0.39 is 0 Å². The number of nitrogens with zero attached hydrogens (tertiary/aromatic N) is 2. The molecular formula is C24H50N4. The highest BCUT2D eigenvalue weighted by Gasteiger charge is 2.20. The number of nitrogens with two attached hydrogens (primary N) is 2. The molecule has 2 rings (SSSR count). The third kappa shape index (κ3) is 13.1. The Morgan fingerprint density at radius 2 is 0.786 bits per heavy atom. The first kappa shape index (κ1) is 24.1. The predicted molar refractivity (Wildman–Crippen MR) is 123 cm³/mol. The van der Waals surface area contributed by atoms with Crippen LogP contribution in [0.2, 0.25) is 0 Å². The molecule has 0 radical (unpaired) electrons. The Bertz CT molecular complexity index is 321. The summed E-state index contributed by atoms with van der Waals surface area (Å²) in [6.07, 6.45) is 19.5. The van der Waals surface area contributed by atoms with Gasteiger partial charge in [-0.05, 0) is 103 Å². The largest absolute Gasteiger partial charge is 0.330 e. The third-order valence-electron chi connectivity index (χ3n) is 6.62. The van der Waals surface area contributed by atoms with E-state index in [2.05, 4.69) is 9.80 Å². The van der Waals surface area contributed by atoms with Gasteiger partial charge in [-0.25, -0.2) is 0 Å². The van der Waals surface area contributed by atoms with Crippen LogP contribution in [-0.4, -0.2) is 62.2 Å². The molecule has 0 unspecified atom stereocenters. The van der Waals surface area contributed by atoms with Gasteiger partial charge < -0.3 is 21.3 Å². The van der Waals surface area contributed by atoms with E-state index in [0.717, 1.165) is 37.8 Å². The lowest BCUT2D eigenvalue weighted by Gasteiger charge is -2.24. The van der Waals surface area contributed by atoms with Gasteiger partial charge in [-0.1, -0.05) is 51.4 Å². The fourth-order valence-electron chi connectivity index (χ4n) is 4.32. The van der Waals surface area contributed by atoms with Gasteiger partial charge in [-0.15, -0.1) is 0 Å². The van der Waals surface area contributed by atoms with Crippen LogP contribution in [0.25, 0.3) is 0 Å². The average molecular weight is 395 g/mol. The molecule has 0 spiro atoms. The van der Waals surface area contributed by atoms with Gasteiger partial charge in [0.05, 0.1) is 0 Å². The van der Waals surface area contributed by atoms with Crippen LogP contribution in [-0.2, 0) is 0 Å². The Kier molecular flexibility index (Phi) is 13.5. The van der Waals surface area contributed by atoms with Gasteiger partial charge in [-0.2, -0.15) is 0 Å². The highest BCUT2D eigenvalue weighted by molar-refractivity contribution is 4.74. The molecule has 0 aromatic carbocycles. The van der Waals surface area contributed by atoms with Crippen molar-refractivity contribution >= 4 is 0 Å². The van der Waals surface area contributed by atoms with Crippen molar-refractivity contribution < 1.29 is 0 Å². The SMILES string of the molecule is NCCCN(CCCCC1CC1)CCCCN(CCCN)CCCCC1CC1. The maximum absolute atomic E-state index is 5.76.